The molecule has 15 heavy (non-hydrogen) atoms. The van der Waals surface area contributed by atoms with E-state index in [4.69, 9.17) is 0 Å². The highest BCUT2D eigenvalue weighted by atomic mass is 79.9. The Morgan fingerprint density at radius 3 is 2.47 bits per heavy atom. The molecule has 0 aliphatic heterocycles. The Morgan fingerprint density at radius 1 is 1.47 bits per heavy atom. The molecule has 1 aromatic rings. The Labute approximate surface area is 97.4 Å². The van der Waals surface area contributed by atoms with Crippen LogP contribution in [0, 0.1) is 5.92 Å². The number of carbonyl (C=O) groups excluding carboxylic acids is 1. The van der Waals surface area contributed by atoms with E-state index >= 15 is 0 Å². The van der Waals surface area contributed by atoms with Crippen molar-refractivity contribution in [1.29, 1.82) is 0 Å². The molecule has 0 saturated heterocycles. The van der Waals surface area contributed by atoms with Crippen LogP contribution in [0.5, 0.6) is 0 Å². The van der Waals surface area contributed by atoms with Crippen molar-refractivity contribution in [2.45, 2.75) is 26.8 Å². The molecule has 6 heteroatoms. The van der Waals surface area contributed by atoms with Gasteiger partial charge in [-0.15, -0.1) is 5.10 Å². The number of aromatic nitrogens is 3. The molecule has 5 nitrogen and oxygen atoms in total. The molecule has 84 valence electrons. The lowest BCUT2D eigenvalue weighted by molar-refractivity contribution is 0.0920. The number of carbonyl (C=O) groups is 1. The molecule has 0 aromatic carbocycles. The molecule has 1 aromatic heterocycles. The molecule has 0 aliphatic carbocycles. The number of nitrogens with zero attached hydrogens (tertiary/aromatic N) is 3. The quantitative estimate of drug-likeness (QED) is 0.905. The summed E-state index contributed by atoms with van der Waals surface area (Å²) in [5.41, 5.74) is 0.447. The zero-order valence-electron chi connectivity index (χ0n) is 9.28. The first-order valence-corrected chi connectivity index (χ1v) is 5.58. The van der Waals surface area contributed by atoms with Crippen LogP contribution in [0.25, 0.3) is 0 Å². The zero-order valence-corrected chi connectivity index (χ0v) is 10.9. The first-order chi connectivity index (χ1) is 6.93. The van der Waals surface area contributed by atoms with Gasteiger partial charge in [0.2, 0.25) is 0 Å². The van der Waals surface area contributed by atoms with Crippen molar-refractivity contribution < 1.29 is 4.79 Å². The molecule has 1 rings (SSSR count). The highest BCUT2D eigenvalue weighted by molar-refractivity contribution is 9.10. The van der Waals surface area contributed by atoms with E-state index in [-0.39, 0.29) is 11.9 Å². The van der Waals surface area contributed by atoms with Gasteiger partial charge in [-0.2, -0.15) is 0 Å². The van der Waals surface area contributed by atoms with Crippen molar-refractivity contribution in [1.82, 2.24) is 20.3 Å². The molecule has 1 N–H and O–H groups in total. The van der Waals surface area contributed by atoms with Gasteiger partial charge in [-0.1, -0.05) is 19.1 Å². The topological polar surface area (TPSA) is 59.8 Å². The van der Waals surface area contributed by atoms with Gasteiger partial charge in [0.05, 0.1) is 0 Å². The lowest BCUT2D eigenvalue weighted by Gasteiger charge is -2.17. The second-order valence-corrected chi connectivity index (χ2v) is 4.61. The molecule has 1 heterocycles. The molecule has 1 unspecified atom stereocenters. The minimum Gasteiger partial charge on any atom is -0.348 e. The molecule has 0 spiro atoms. The van der Waals surface area contributed by atoms with Crippen molar-refractivity contribution in [3.8, 4) is 0 Å². The lowest BCUT2D eigenvalue weighted by Crippen LogP contribution is -2.37. The van der Waals surface area contributed by atoms with Crippen molar-refractivity contribution >= 4 is 21.8 Å². The molecule has 0 radical (unpaired) electrons. The first kappa shape index (κ1) is 12.2. The molecule has 0 saturated carbocycles. The third kappa shape index (κ3) is 2.77. The Morgan fingerprint density at radius 2 is 2.07 bits per heavy atom. The van der Waals surface area contributed by atoms with E-state index in [2.05, 4.69) is 45.4 Å². The maximum atomic E-state index is 11.8. The van der Waals surface area contributed by atoms with Crippen molar-refractivity contribution in [2.75, 3.05) is 0 Å². The standard InChI is InChI=1S/C9H15BrN4O/c1-5(2)6(3)11-9(15)7-8(10)12-13-14(7)4/h5-6H,1-4H3,(H,11,15). The Kier molecular flexibility index (Phi) is 3.84. The fourth-order valence-electron chi connectivity index (χ4n) is 1.01. The van der Waals surface area contributed by atoms with Crippen molar-refractivity contribution in [2.24, 2.45) is 13.0 Å². The van der Waals surface area contributed by atoms with Gasteiger partial charge in [0.1, 0.15) is 0 Å². The van der Waals surface area contributed by atoms with Crippen LogP contribution in [-0.2, 0) is 7.05 Å². The minimum atomic E-state index is -0.157. The second-order valence-electron chi connectivity index (χ2n) is 3.86. The summed E-state index contributed by atoms with van der Waals surface area (Å²) < 4.78 is 1.92. The molecule has 0 bridgehead atoms. The summed E-state index contributed by atoms with van der Waals surface area (Å²) in [4.78, 5) is 11.8. The number of aryl methyl sites for hydroxylation is 1. The van der Waals surface area contributed by atoms with Gasteiger partial charge in [-0.05, 0) is 28.8 Å². The van der Waals surface area contributed by atoms with Gasteiger partial charge in [-0.3, -0.25) is 4.79 Å². The van der Waals surface area contributed by atoms with Crippen LogP contribution in [0.3, 0.4) is 0 Å². The number of rotatable bonds is 3. The fourth-order valence-corrected chi connectivity index (χ4v) is 1.52. The fraction of sp³-hybridized carbons (Fsp3) is 0.667. The predicted molar refractivity (Wildman–Crippen MR) is 60.5 cm³/mol. The van der Waals surface area contributed by atoms with Crippen LogP contribution in [0.2, 0.25) is 0 Å². The van der Waals surface area contributed by atoms with Crippen LogP contribution in [-0.4, -0.2) is 26.9 Å². The number of halogens is 1. The minimum absolute atomic E-state index is 0.124. The SMILES string of the molecule is CC(C)C(C)NC(=O)c1c(Br)nnn1C. The van der Waals surface area contributed by atoms with E-state index in [1.165, 1.54) is 4.68 Å². The summed E-state index contributed by atoms with van der Waals surface area (Å²) in [5, 5.41) is 10.4. The summed E-state index contributed by atoms with van der Waals surface area (Å²) in [7, 11) is 1.69. The number of amides is 1. The third-order valence-electron chi connectivity index (χ3n) is 2.36. The number of hydrogen-bond donors (Lipinski definition) is 1. The lowest BCUT2D eigenvalue weighted by atomic mass is 10.1. The summed E-state index contributed by atoms with van der Waals surface area (Å²) in [6.45, 7) is 6.09. The summed E-state index contributed by atoms with van der Waals surface area (Å²) >= 11 is 3.19. The van der Waals surface area contributed by atoms with Gasteiger partial charge >= 0.3 is 0 Å². The number of hydrogen-bond acceptors (Lipinski definition) is 3. The van der Waals surface area contributed by atoms with Crippen LogP contribution >= 0.6 is 15.9 Å². The van der Waals surface area contributed by atoms with Gasteiger partial charge in [0, 0.05) is 13.1 Å². The summed E-state index contributed by atoms with van der Waals surface area (Å²) in [6.07, 6.45) is 0. The van der Waals surface area contributed by atoms with Gasteiger partial charge in [0.15, 0.2) is 10.3 Å². The molecule has 1 amide bonds. The smallest absolute Gasteiger partial charge is 0.272 e. The maximum Gasteiger partial charge on any atom is 0.272 e. The molecule has 0 fully saturated rings. The van der Waals surface area contributed by atoms with E-state index in [1.807, 2.05) is 6.92 Å². The summed E-state index contributed by atoms with van der Waals surface area (Å²) in [6, 6.07) is 0.124. The van der Waals surface area contributed by atoms with E-state index < -0.39 is 0 Å². The molecule has 0 aliphatic rings. The van der Waals surface area contributed by atoms with E-state index in [0.29, 0.717) is 16.2 Å². The third-order valence-corrected chi connectivity index (χ3v) is 2.89. The largest absolute Gasteiger partial charge is 0.348 e. The average molecular weight is 275 g/mol. The highest BCUT2D eigenvalue weighted by Crippen LogP contribution is 2.12. The van der Waals surface area contributed by atoms with Crippen LogP contribution < -0.4 is 5.32 Å². The molecule has 1 atom stereocenters. The van der Waals surface area contributed by atoms with Crippen molar-refractivity contribution in [3.63, 3.8) is 0 Å². The van der Waals surface area contributed by atoms with Crippen LogP contribution in [0.1, 0.15) is 31.3 Å². The molecular weight excluding hydrogens is 260 g/mol. The maximum absolute atomic E-state index is 11.8. The predicted octanol–water partition coefficient (Wildman–Crippen LogP) is 1.35. The van der Waals surface area contributed by atoms with Crippen LogP contribution in [0.4, 0.5) is 0 Å². The second kappa shape index (κ2) is 4.74. The first-order valence-electron chi connectivity index (χ1n) is 4.79. The van der Waals surface area contributed by atoms with E-state index in [1.54, 1.807) is 7.05 Å². The Hall–Kier alpha value is -0.910. The Bertz CT molecular complexity index is 341. The summed E-state index contributed by atoms with van der Waals surface area (Å²) in [5.74, 6) is 0.240. The Balaban J connectivity index is 2.78. The number of nitrogens with one attached hydrogen (secondary N) is 1. The highest BCUT2D eigenvalue weighted by Gasteiger charge is 2.19. The van der Waals surface area contributed by atoms with E-state index in [0.717, 1.165) is 0 Å². The van der Waals surface area contributed by atoms with Gasteiger partial charge < -0.3 is 5.32 Å². The van der Waals surface area contributed by atoms with Crippen LogP contribution in [0.15, 0.2) is 4.60 Å². The zero-order chi connectivity index (χ0) is 11.6. The van der Waals surface area contributed by atoms with Gasteiger partial charge in [0.25, 0.3) is 5.91 Å². The average Bonchev–Trinajstić information content (AvgIpc) is 2.45. The molecular formula is C9H15BrN4O. The van der Waals surface area contributed by atoms with Gasteiger partial charge in [-0.25, -0.2) is 4.68 Å². The van der Waals surface area contributed by atoms with Crippen molar-refractivity contribution in [3.05, 3.63) is 10.3 Å². The van der Waals surface area contributed by atoms with E-state index in [9.17, 15) is 4.79 Å². The normalized spacial score (nSPS) is 12.9. The monoisotopic (exact) mass is 274 g/mol.